The van der Waals surface area contributed by atoms with E-state index in [0.29, 0.717) is 11.0 Å². The Morgan fingerprint density at radius 2 is 1.90 bits per heavy atom. The maximum absolute atomic E-state index is 12.0. The number of aliphatic carboxylic acids is 1. The minimum atomic E-state index is -0.964. The molecule has 0 fully saturated rings. The van der Waals surface area contributed by atoms with E-state index in [4.69, 9.17) is 5.11 Å². The van der Waals surface area contributed by atoms with Gasteiger partial charge in [-0.2, -0.15) is 4.68 Å². The van der Waals surface area contributed by atoms with Crippen molar-refractivity contribution in [1.29, 1.82) is 0 Å². The van der Waals surface area contributed by atoms with E-state index < -0.39 is 5.97 Å². The van der Waals surface area contributed by atoms with Gasteiger partial charge in [-0.15, -0.1) is 5.10 Å². The van der Waals surface area contributed by atoms with Crippen molar-refractivity contribution in [1.82, 2.24) is 19.7 Å². The Labute approximate surface area is 144 Å². The Balaban J connectivity index is 0.00000361. The molecule has 1 aromatic heterocycles. The molecule has 0 radical (unpaired) electrons. The molecular weight excluding hydrogens is 291 g/mol. The van der Waals surface area contributed by atoms with Crippen LogP contribution in [0.15, 0.2) is 5.16 Å². The van der Waals surface area contributed by atoms with E-state index in [0.717, 1.165) is 16.4 Å². The summed E-state index contributed by atoms with van der Waals surface area (Å²) in [5.74, 6) is -0.618. The zero-order valence-electron chi connectivity index (χ0n) is 11.7. The third-order valence-electron chi connectivity index (χ3n) is 2.14. The van der Waals surface area contributed by atoms with Crippen LogP contribution in [0.5, 0.6) is 0 Å². The molecule has 1 N–H and O–H groups in total. The summed E-state index contributed by atoms with van der Waals surface area (Å²) in [5.41, 5.74) is -0.309. The first-order valence-corrected chi connectivity index (χ1v) is 6.65. The number of hydrogen-bond donors (Lipinski definition) is 1. The Morgan fingerprint density at radius 1 is 1.35 bits per heavy atom. The molecule has 0 aliphatic heterocycles. The maximum atomic E-state index is 12.0. The van der Waals surface area contributed by atoms with Gasteiger partial charge in [-0.25, -0.2) is 9.78 Å². The normalized spacial score (nSPS) is 10.8. The topological polar surface area (TPSA) is 88.3 Å². The molecule has 20 heavy (non-hydrogen) atoms. The van der Waals surface area contributed by atoms with Gasteiger partial charge in [0.05, 0.1) is 5.75 Å². The Hall–Kier alpha value is -0.570. The van der Waals surface area contributed by atoms with Gasteiger partial charge < -0.3 is 10.0 Å². The summed E-state index contributed by atoms with van der Waals surface area (Å²) in [6.45, 7) is 5.79. The van der Waals surface area contributed by atoms with Gasteiger partial charge in [-0.05, 0) is 0 Å². The van der Waals surface area contributed by atoms with E-state index in [1.807, 2.05) is 20.8 Å². The molecule has 0 bridgehead atoms. The number of hydrogen-bond acceptors (Lipinski definition) is 5. The number of amides is 1. The fraction of sp³-hybridized carbons (Fsp3) is 0.636. The van der Waals surface area contributed by atoms with Gasteiger partial charge >= 0.3 is 41.6 Å². The van der Waals surface area contributed by atoms with Gasteiger partial charge in [0.25, 0.3) is 0 Å². The van der Waals surface area contributed by atoms with Crippen LogP contribution in [0.2, 0.25) is 0 Å². The second-order valence-corrected chi connectivity index (χ2v) is 6.18. The van der Waals surface area contributed by atoms with Crippen molar-refractivity contribution in [2.75, 3.05) is 19.8 Å². The van der Waals surface area contributed by atoms with Gasteiger partial charge in [-0.1, -0.05) is 32.5 Å². The summed E-state index contributed by atoms with van der Waals surface area (Å²) in [7, 11) is 3.21. The monoisotopic (exact) mass is 310 g/mol. The average Bonchev–Trinajstić information content (AvgIpc) is 2.68. The molecular formula is C11H19N4NaO3S. The fourth-order valence-electron chi connectivity index (χ4n) is 1.15. The van der Waals surface area contributed by atoms with E-state index in [1.165, 1.54) is 4.90 Å². The molecule has 7 nitrogen and oxygen atoms in total. The van der Waals surface area contributed by atoms with E-state index in [9.17, 15) is 9.59 Å². The Kier molecular flexibility index (Phi) is 7.23. The van der Waals surface area contributed by atoms with Crippen LogP contribution in [0.1, 0.15) is 26.6 Å². The molecule has 9 heteroatoms. The number of carboxylic acid groups (broad SMARTS) is 1. The third-order valence-corrected chi connectivity index (χ3v) is 3.05. The second-order valence-electron chi connectivity index (χ2n) is 5.24. The van der Waals surface area contributed by atoms with E-state index >= 15 is 0 Å². The summed E-state index contributed by atoms with van der Waals surface area (Å²) in [5, 5.41) is 13.2. The number of carboxylic acids is 1. The molecule has 0 atom stereocenters. The SMILES string of the molecule is CN(C)C(=O)n1nc(C(C)(C)C)nc1SCC(=O)O.[NaH]. The Morgan fingerprint density at radius 3 is 2.30 bits per heavy atom. The quantitative estimate of drug-likeness (QED) is 0.651. The zero-order chi connectivity index (χ0) is 14.8. The van der Waals surface area contributed by atoms with Crippen LogP contribution in [0, 0.1) is 0 Å². The summed E-state index contributed by atoms with van der Waals surface area (Å²) in [6.07, 6.45) is 0. The van der Waals surface area contributed by atoms with Crippen LogP contribution in [0.3, 0.4) is 0 Å². The Bertz CT molecular complexity index is 496. The molecule has 0 aromatic carbocycles. The van der Waals surface area contributed by atoms with Gasteiger partial charge in [0, 0.05) is 19.5 Å². The summed E-state index contributed by atoms with van der Waals surface area (Å²) < 4.78 is 1.15. The van der Waals surface area contributed by atoms with Gasteiger partial charge in [0.2, 0.25) is 0 Å². The van der Waals surface area contributed by atoms with Crippen LogP contribution in [-0.4, -0.2) is 86.2 Å². The minimum absolute atomic E-state index is 0. The van der Waals surface area contributed by atoms with Crippen LogP contribution < -0.4 is 0 Å². The molecule has 0 unspecified atom stereocenters. The zero-order valence-corrected chi connectivity index (χ0v) is 12.5. The summed E-state index contributed by atoms with van der Waals surface area (Å²) in [6, 6.07) is -0.351. The molecule has 108 valence electrons. The van der Waals surface area contributed by atoms with Crippen molar-refractivity contribution >= 4 is 53.3 Å². The first-order valence-electron chi connectivity index (χ1n) is 5.66. The number of rotatable bonds is 3. The van der Waals surface area contributed by atoms with Crippen molar-refractivity contribution < 1.29 is 14.7 Å². The number of aromatic nitrogens is 3. The molecule has 1 heterocycles. The summed E-state index contributed by atoms with van der Waals surface area (Å²) in [4.78, 5) is 28.2. The van der Waals surface area contributed by atoms with Crippen molar-refractivity contribution in [3.8, 4) is 0 Å². The van der Waals surface area contributed by atoms with Gasteiger partial charge in [0.15, 0.2) is 11.0 Å². The molecule has 0 aliphatic rings. The third kappa shape index (κ3) is 5.08. The van der Waals surface area contributed by atoms with Crippen molar-refractivity contribution in [3.05, 3.63) is 5.82 Å². The van der Waals surface area contributed by atoms with E-state index in [-0.39, 0.29) is 46.8 Å². The summed E-state index contributed by atoms with van der Waals surface area (Å²) >= 11 is 0.980. The predicted molar refractivity (Wildman–Crippen MR) is 78.7 cm³/mol. The van der Waals surface area contributed by atoms with Gasteiger partial charge in [0.1, 0.15) is 0 Å². The number of carbonyl (C=O) groups is 2. The van der Waals surface area contributed by atoms with Crippen LogP contribution in [-0.2, 0) is 10.2 Å². The molecule has 0 aliphatic carbocycles. The first kappa shape index (κ1) is 19.4. The van der Waals surface area contributed by atoms with E-state index in [1.54, 1.807) is 14.1 Å². The number of thioether (sulfide) groups is 1. The van der Waals surface area contributed by atoms with Crippen LogP contribution >= 0.6 is 11.8 Å². The molecule has 0 spiro atoms. The van der Waals surface area contributed by atoms with Crippen molar-refractivity contribution in [2.24, 2.45) is 0 Å². The molecule has 0 saturated carbocycles. The fourth-order valence-corrected chi connectivity index (χ4v) is 1.79. The molecule has 0 saturated heterocycles. The molecule has 1 amide bonds. The van der Waals surface area contributed by atoms with Crippen LogP contribution in [0.4, 0.5) is 4.79 Å². The number of carbonyl (C=O) groups excluding carboxylic acids is 1. The van der Waals surface area contributed by atoms with Crippen molar-refractivity contribution in [2.45, 2.75) is 31.3 Å². The van der Waals surface area contributed by atoms with Crippen molar-refractivity contribution in [3.63, 3.8) is 0 Å². The van der Waals surface area contributed by atoms with Crippen LogP contribution in [0.25, 0.3) is 0 Å². The molecule has 1 rings (SSSR count). The molecule has 1 aromatic rings. The standard InChI is InChI=1S/C11H18N4O3S.Na.H/c1-11(2,3)8-12-9(19-6-7(16)17)15(13-8)10(18)14(4)5;;/h6H2,1-5H3,(H,16,17);;. The second kappa shape index (κ2) is 7.44. The first-order chi connectivity index (χ1) is 8.62. The predicted octanol–water partition coefficient (Wildman–Crippen LogP) is 0.633. The number of nitrogens with zero attached hydrogens (tertiary/aromatic N) is 4. The van der Waals surface area contributed by atoms with Gasteiger partial charge in [-0.3, -0.25) is 4.79 Å². The van der Waals surface area contributed by atoms with E-state index in [2.05, 4.69) is 10.1 Å². The average molecular weight is 310 g/mol.